The van der Waals surface area contributed by atoms with E-state index >= 15 is 4.39 Å². The number of anilines is 1. The number of imidazole rings is 1. The van der Waals surface area contributed by atoms with E-state index < -0.39 is 30.2 Å². The van der Waals surface area contributed by atoms with Crippen LogP contribution < -0.4 is 11.1 Å². The predicted octanol–water partition coefficient (Wildman–Crippen LogP) is 4.34. The zero-order valence-corrected chi connectivity index (χ0v) is 22.1. The quantitative estimate of drug-likeness (QED) is 0.295. The molecule has 0 bridgehead atoms. The van der Waals surface area contributed by atoms with Gasteiger partial charge in [-0.2, -0.15) is 10.2 Å². The number of fused-ring (bicyclic) bond motifs is 2. The lowest BCUT2D eigenvalue weighted by atomic mass is 10.1. The van der Waals surface area contributed by atoms with Gasteiger partial charge >= 0.3 is 0 Å². The van der Waals surface area contributed by atoms with Gasteiger partial charge in [-0.1, -0.05) is 6.07 Å². The van der Waals surface area contributed by atoms with Gasteiger partial charge in [0, 0.05) is 24.5 Å². The number of pyridine rings is 3. The largest absolute Gasteiger partial charge is 0.383 e. The first-order valence-corrected chi connectivity index (χ1v) is 13.2. The highest BCUT2D eigenvalue weighted by molar-refractivity contribution is 5.94. The van der Waals surface area contributed by atoms with Gasteiger partial charge in [-0.05, 0) is 59.7 Å². The lowest BCUT2D eigenvalue weighted by molar-refractivity contribution is 0.0913. The van der Waals surface area contributed by atoms with Crippen LogP contribution in [-0.2, 0) is 6.42 Å². The Morgan fingerprint density at radius 2 is 1.84 bits per heavy atom. The first-order chi connectivity index (χ1) is 20.9. The molecule has 0 radical (unpaired) electrons. The maximum absolute atomic E-state index is 15.4. The Kier molecular flexibility index (Phi) is 6.30. The fourth-order valence-electron chi connectivity index (χ4n) is 5.22. The Labute approximate surface area is 241 Å². The monoisotopic (exact) mass is 582 g/mol. The summed E-state index contributed by atoms with van der Waals surface area (Å²) >= 11 is 0. The van der Waals surface area contributed by atoms with Crippen LogP contribution in [0.25, 0.3) is 34.1 Å². The van der Waals surface area contributed by atoms with Crippen LogP contribution in [0.2, 0.25) is 0 Å². The highest BCUT2D eigenvalue weighted by Crippen LogP contribution is 2.37. The average Bonchev–Trinajstić information content (AvgIpc) is 3.75. The van der Waals surface area contributed by atoms with E-state index in [1.54, 1.807) is 55.0 Å². The van der Waals surface area contributed by atoms with Gasteiger partial charge in [0.25, 0.3) is 12.3 Å². The third-order valence-electron chi connectivity index (χ3n) is 7.25. The van der Waals surface area contributed by atoms with Crippen molar-refractivity contribution in [1.82, 2.24) is 44.8 Å². The van der Waals surface area contributed by atoms with E-state index in [-0.39, 0.29) is 17.8 Å². The summed E-state index contributed by atoms with van der Waals surface area (Å²) in [4.78, 5) is 31.6. The number of alkyl halides is 3. The van der Waals surface area contributed by atoms with Gasteiger partial charge in [0.15, 0.2) is 17.3 Å². The van der Waals surface area contributed by atoms with E-state index in [0.717, 1.165) is 12.3 Å². The molecule has 0 saturated heterocycles. The number of amides is 1. The van der Waals surface area contributed by atoms with Crippen molar-refractivity contribution in [2.45, 2.75) is 25.1 Å². The van der Waals surface area contributed by atoms with Gasteiger partial charge in [-0.3, -0.25) is 14.3 Å². The second-order valence-corrected chi connectivity index (χ2v) is 9.86. The SMILES string of the molecule is Nc1ncccc1-c1nc2ccc(-n3nccn3)nc2n1-c1ccc2c(c1)CC(F)[C@@H]2NC(=O)c1ccc(C(F)F)nc1. The number of aromatic nitrogens is 8. The van der Waals surface area contributed by atoms with Crippen LogP contribution in [0.15, 0.2) is 79.4 Å². The molecule has 5 heterocycles. The molecule has 7 rings (SSSR count). The number of hydrogen-bond donors (Lipinski definition) is 2. The number of nitrogens with zero attached hydrogens (tertiary/aromatic N) is 8. The van der Waals surface area contributed by atoms with Crippen LogP contribution >= 0.6 is 0 Å². The molecule has 3 N–H and O–H groups in total. The van der Waals surface area contributed by atoms with Gasteiger partial charge < -0.3 is 11.1 Å². The number of nitrogens with two attached hydrogens (primary N) is 1. The van der Waals surface area contributed by atoms with Gasteiger partial charge in [0.1, 0.15) is 23.2 Å². The van der Waals surface area contributed by atoms with Gasteiger partial charge in [0.2, 0.25) is 0 Å². The van der Waals surface area contributed by atoms with Crippen molar-refractivity contribution < 1.29 is 18.0 Å². The summed E-state index contributed by atoms with van der Waals surface area (Å²) in [5.41, 5.74) is 9.42. The van der Waals surface area contributed by atoms with Gasteiger partial charge in [0.05, 0.1) is 29.6 Å². The standard InChI is InChI=1S/C29H21F3N10O/c30-20-13-16-12-17(4-5-18(16)24(20)40-29(43)15-3-6-21(25(31)32)35-14-15)41-27(19-2-1-9-34-26(19)33)38-22-7-8-23(39-28(22)41)42-36-10-11-37-42/h1-12,14,20,24-25H,13H2,(H2,33,34)(H,40,43)/t20?,24-/m1/s1. The Morgan fingerprint density at radius 1 is 1.00 bits per heavy atom. The van der Waals surface area contributed by atoms with Crippen molar-refractivity contribution in [3.05, 3.63) is 102 Å². The summed E-state index contributed by atoms with van der Waals surface area (Å²) in [5, 5.41) is 11.0. The molecular formula is C29H21F3N10O. The van der Waals surface area contributed by atoms with Crippen molar-refractivity contribution in [1.29, 1.82) is 0 Å². The minimum Gasteiger partial charge on any atom is -0.383 e. The smallest absolute Gasteiger partial charge is 0.280 e. The third kappa shape index (κ3) is 4.62. The Morgan fingerprint density at radius 3 is 2.58 bits per heavy atom. The molecule has 11 nitrogen and oxygen atoms in total. The van der Waals surface area contributed by atoms with Gasteiger partial charge in [-0.25, -0.2) is 28.1 Å². The summed E-state index contributed by atoms with van der Waals surface area (Å²) < 4.78 is 42.9. The van der Waals surface area contributed by atoms with Crippen molar-refractivity contribution in [3.8, 4) is 22.9 Å². The third-order valence-corrected chi connectivity index (χ3v) is 7.25. The second-order valence-electron chi connectivity index (χ2n) is 9.86. The predicted molar refractivity (Wildman–Crippen MR) is 149 cm³/mol. The lowest BCUT2D eigenvalue weighted by Crippen LogP contribution is -2.32. The number of rotatable bonds is 6. The molecule has 2 atom stereocenters. The number of halogens is 3. The number of benzene rings is 1. The summed E-state index contributed by atoms with van der Waals surface area (Å²) in [6.45, 7) is 0. The molecule has 1 aromatic carbocycles. The van der Waals surface area contributed by atoms with Gasteiger partial charge in [-0.15, -0.1) is 4.80 Å². The van der Waals surface area contributed by atoms with E-state index in [1.165, 1.54) is 10.9 Å². The fourth-order valence-corrected chi connectivity index (χ4v) is 5.22. The summed E-state index contributed by atoms with van der Waals surface area (Å²) in [5.74, 6) is 0.611. The minimum absolute atomic E-state index is 0.0452. The number of carbonyl (C=O) groups excluding carboxylic acids is 1. The number of carbonyl (C=O) groups is 1. The molecule has 14 heteroatoms. The molecule has 0 fully saturated rings. The van der Waals surface area contributed by atoms with Crippen LogP contribution in [0.4, 0.5) is 19.0 Å². The molecule has 1 unspecified atom stereocenters. The topological polar surface area (TPSA) is 142 Å². The molecule has 1 aliphatic carbocycles. The van der Waals surface area contributed by atoms with Crippen LogP contribution in [0.5, 0.6) is 0 Å². The molecule has 0 aliphatic heterocycles. The molecular weight excluding hydrogens is 561 g/mol. The average molecular weight is 583 g/mol. The maximum Gasteiger partial charge on any atom is 0.280 e. The second kappa shape index (κ2) is 10.3. The summed E-state index contributed by atoms with van der Waals surface area (Å²) in [6.07, 6.45) is 1.61. The highest BCUT2D eigenvalue weighted by atomic mass is 19.3. The molecule has 1 amide bonds. The Bertz CT molecular complexity index is 1980. The maximum atomic E-state index is 15.4. The first-order valence-electron chi connectivity index (χ1n) is 13.2. The van der Waals surface area contributed by atoms with E-state index in [4.69, 9.17) is 15.7 Å². The van der Waals surface area contributed by atoms with E-state index in [9.17, 15) is 13.6 Å². The number of nitrogen functional groups attached to an aromatic ring is 1. The Hall–Kier alpha value is -5.66. The van der Waals surface area contributed by atoms with Crippen molar-refractivity contribution in [2.24, 2.45) is 0 Å². The number of hydrogen-bond acceptors (Lipinski definition) is 8. The molecule has 1 aliphatic rings. The fraction of sp³-hybridized carbons (Fsp3) is 0.138. The van der Waals surface area contributed by atoms with Crippen molar-refractivity contribution in [2.75, 3.05) is 5.73 Å². The molecule has 6 aromatic rings. The first kappa shape index (κ1) is 26.3. The van der Waals surface area contributed by atoms with Crippen molar-refractivity contribution >= 4 is 22.9 Å². The summed E-state index contributed by atoms with van der Waals surface area (Å²) in [7, 11) is 0. The Balaban J connectivity index is 1.29. The molecule has 43 heavy (non-hydrogen) atoms. The molecule has 0 saturated carbocycles. The molecule has 0 spiro atoms. The lowest BCUT2D eigenvalue weighted by Gasteiger charge is -2.17. The number of nitrogens with one attached hydrogen (secondary N) is 1. The van der Waals surface area contributed by atoms with E-state index in [2.05, 4.69) is 25.5 Å². The normalized spacial score (nSPS) is 16.1. The van der Waals surface area contributed by atoms with Crippen molar-refractivity contribution in [3.63, 3.8) is 0 Å². The van der Waals surface area contributed by atoms with E-state index in [0.29, 0.717) is 45.2 Å². The van der Waals surface area contributed by atoms with Crippen LogP contribution in [-0.4, -0.2) is 51.6 Å². The molecule has 214 valence electrons. The highest BCUT2D eigenvalue weighted by Gasteiger charge is 2.34. The zero-order valence-electron chi connectivity index (χ0n) is 22.1. The van der Waals surface area contributed by atoms with Crippen LogP contribution in [0.3, 0.4) is 0 Å². The van der Waals surface area contributed by atoms with Crippen LogP contribution in [0, 0.1) is 0 Å². The molecule has 5 aromatic heterocycles. The summed E-state index contributed by atoms with van der Waals surface area (Å²) in [6, 6.07) is 13.8. The minimum atomic E-state index is -2.75. The van der Waals surface area contributed by atoms with E-state index in [1.807, 2.05) is 10.6 Å². The zero-order chi connectivity index (χ0) is 29.7. The van der Waals surface area contributed by atoms with Crippen LogP contribution in [0.1, 0.15) is 39.6 Å².